The Balaban J connectivity index is 2.06. The molecule has 3 saturated heterocycles. The summed E-state index contributed by atoms with van der Waals surface area (Å²) in [5.41, 5.74) is 0. The van der Waals surface area contributed by atoms with Crippen molar-refractivity contribution < 1.29 is 0 Å². The molecule has 12 heavy (non-hydrogen) atoms. The summed E-state index contributed by atoms with van der Waals surface area (Å²) in [5, 5.41) is 0. The van der Waals surface area contributed by atoms with E-state index in [4.69, 9.17) is 0 Å². The van der Waals surface area contributed by atoms with E-state index in [0.717, 1.165) is 0 Å². The molecular formula is C9H18INSn. The first kappa shape index (κ1) is 10.0. The van der Waals surface area contributed by atoms with Gasteiger partial charge in [-0.15, -0.1) is 0 Å². The van der Waals surface area contributed by atoms with E-state index in [2.05, 4.69) is 23.5 Å². The van der Waals surface area contributed by atoms with Crippen molar-refractivity contribution in [1.29, 1.82) is 0 Å². The Bertz CT molecular complexity index is 136. The van der Waals surface area contributed by atoms with E-state index in [9.17, 15) is 0 Å². The van der Waals surface area contributed by atoms with Crippen LogP contribution >= 0.6 is 18.6 Å². The van der Waals surface area contributed by atoms with Gasteiger partial charge < -0.3 is 0 Å². The van der Waals surface area contributed by atoms with Crippen molar-refractivity contribution in [1.82, 2.24) is 4.90 Å². The second kappa shape index (κ2) is 4.34. The Kier molecular flexibility index (Phi) is 3.62. The van der Waals surface area contributed by atoms with Gasteiger partial charge in [0.1, 0.15) is 0 Å². The van der Waals surface area contributed by atoms with Crippen LogP contribution in [0.15, 0.2) is 0 Å². The molecule has 3 aliphatic rings. The van der Waals surface area contributed by atoms with Crippen LogP contribution in [0.2, 0.25) is 13.3 Å². The first-order valence-corrected chi connectivity index (χ1v) is 19.6. The molecule has 0 atom stereocenters. The Morgan fingerprint density at radius 2 is 1.25 bits per heavy atom. The molecule has 0 aromatic heterocycles. The second-order valence-electron chi connectivity index (χ2n) is 4.30. The average Bonchev–Trinajstić information content (AvgIpc) is 1.93. The molecule has 2 bridgehead atoms. The Morgan fingerprint density at radius 1 is 0.833 bits per heavy atom. The van der Waals surface area contributed by atoms with Crippen LogP contribution in [0, 0.1) is 0 Å². The summed E-state index contributed by atoms with van der Waals surface area (Å²) in [5.74, 6) is 0. The minimum absolute atomic E-state index is 1.42. The number of fused-ring (bicyclic) bond motifs is 6. The summed E-state index contributed by atoms with van der Waals surface area (Å²) in [7, 11) is 0. The van der Waals surface area contributed by atoms with Gasteiger partial charge in [-0.05, 0) is 0 Å². The first-order chi connectivity index (χ1) is 5.79. The molecule has 0 spiro atoms. The molecule has 0 saturated carbocycles. The van der Waals surface area contributed by atoms with Crippen molar-refractivity contribution in [2.45, 2.75) is 32.6 Å². The molecule has 0 radical (unpaired) electrons. The van der Waals surface area contributed by atoms with Crippen LogP contribution in [0.3, 0.4) is 0 Å². The zero-order valence-corrected chi connectivity index (χ0v) is 12.7. The molecule has 0 aromatic carbocycles. The van der Waals surface area contributed by atoms with Gasteiger partial charge in [-0.25, -0.2) is 0 Å². The summed E-state index contributed by atoms with van der Waals surface area (Å²) in [6.07, 6.45) is 4.58. The van der Waals surface area contributed by atoms with Gasteiger partial charge in [0, 0.05) is 0 Å². The van der Waals surface area contributed by atoms with Gasteiger partial charge in [-0.1, -0.05) is 0 Å². The van der Waals surface area contributed by atoms with Gasteiger partial charge in [-0.3, -0.25) is 0 Å². The van der Waals surface area contributed by atoms with Crippen LogP contribution in [0.1, 0.15) is 19.3 Å². The molecule has 0 aromatic rings. The van der Waals surface area contributed by atoms with Gasteiger partial charge in [0.05, 0.1) is 0 Å². The summed E-state index contributed by atoms with van der Waals surface area (Å²) in [6, 6.07) is 0. The maximum absolute atomic E-state index is 2.95. The number of rotatable bonds is 0. The van der Waals surface area contributed by atoms with Crippen LogP contribution < -0.4 is 0 Å². The van der Waals surface area contributed by atoms with Gasteiger partial charge in [0.15, 0.2) is 0 Å². The summed E-state index contributed by atoms with van der Waals surface area (Å²) >= 11 is 1.48. The van der Waals surface area contributed by atoms with Gasteiger partial charge in [0.2, 0.25) is 0 Å². The second-order valence-corrected chi connectivity index (χ2v) is 30.5. The quantitative estimate of drug-likeness (QED) is 0.458. The Hall–Kier alpha value is 1.49. The summed E-state index contributed by atoms with van der Waals surface area (Å²) in [6.45, 7) is 4.25. The van der Waals surface area contributed by atoms with E-state index in [-0.39, 0.29) is 0 Å². The van der Waals surface area contributed by atoms with E-state index in [1.807, 2.05) is 0 Å². The predicted molar refractivity (Wildman–Crippen MR) is 64.5 cm³/mol. The van der Waals surface area contributed by atoms with E-state index in [1.165, 1.54) is 38.9 Å². The fourth-order valence-electron chi connectivity index (χ4n) is 2.57. The molecule has 3 aliphatic heterocycles. The molecule has 0 aliphatic carbocycles. The number of halogens is 1. The third-order valence-electron chi connectivity index (χ3n) is 3.30. The average molecular weight is 386 g/mol. The van der Waals surface area contributed by atoms with Crippen LogP contribution in [0.25, 0.3) is 0 Å². The number of hydrogen-bond donors (Lipinski definition) is 0. The molecular weight excluding hydrogens is 368 g/mol. The topological polar surface area (TPSA) is 3.24 Å². The van der Waals surface area contributed by atoms with Gasteiger partial charge >= 0.3 is 90.1 Å². The van der Waals surface area contributed by atoms with Crippen molar-refractivity contribution >= 4 is 33.0 Å². The maximum atomic E-state index is 2.95. The minimum atomic E-state index is -1.47. The molecule has 3 heterocycles. The first-order valence-electron chi connectivity index (χ1n) is 5.20. The molecule has 0 amide bonds. The van der Waals surface area contributed by atoms with Crippen LogP contribution in [0.4, 0.5) is 0 Å². The molecule has 3 heteroatoms. The van der Waals surface area contributed by atoms with E-state index >= 15 is 0 Å². The molecule has 0 unspecified atom stereocenters. The monoisotopic (exact) mass is 387 g/mol. The number of nitrogens with zero attached hydrogens (tertiary/aromatic N) is 1. The molecule has 70 valence electrons. The fourth-order valence-corrected chi connectivity index (χ4v) is 19.2. The predicted octanol–water partition coefficient (Wildman–Crippen LogP) is 2.87. The van der Waals surface area contributed by atoms with E-state index in [1.54, 1.807) is 13.3 Å². The zero-order chi connectivity index (χ0) is 8.44. The van der Waals surface area contributed by atoms with Crippen molar-refractivity contribution in [2.75, 3.05) is 19.6 Å². The third kappa shape index (κ3) is 2.50. The summed E-state index contributed by atoms with van der Waals surface area (Å²) in [4.78, 5) is 2.70. The zero-order valence-electron chi connectivity index (χ0n) is 7.69. The fraction of sp³-hybridized carbons (Fsp3) is 1.00. The molecule has 3 fully saturated rings. The van der Waals surface area contributed by atoms with Gasteiger partial charge in [0.25, 0.3) is 0 Å². The van der Waals surface area contributed by atoms with Crippen molar-refractivity contribution in [2.24, 2.45) is 0 Å². The van der Waals surface area contributed by atoms with Crippen LogP contribution in [-0.2, 0) is 0 Å². The number of hydrogen-bond acceptors (Lipinski definition) is 1. The Morgan fingerprint density at radius 3 is 1.67 bits per heavy atom. The standard InChI is InChI=1S/C9H18N.HI.Sn/c1-4-7-10(8-5-2)9-6-3;;/h1-9H2;1H;/q;;+1/p-1. The molecule has 1 nitrogen and oxygen atoms in total. The van der Waals surface area contributed by atoms with Gasteiger partial charge in [-0.2, -0.15) is 0 Å². The van der Waals surface area contributed by atoms with Crippen LogP contribution in [0.5, 0.6) is 0 Å². The van der Waals surface area contributed by atoms with Crippen molar-refractivity contribution in [3.05, 3.63) is 0 Å². The molecule has 0 N–H and O–H groups in total. The Labute approximate surface area is 89.3 Å². The summed E-state index contributed by atoms with van der Waals surface area (Å²) < 4.78 is 5.02. The van der Waals surface area contributed by atoms with Crippen molar-refractivity contribution in [3.8, 4) is 0 Å². The normalized spacial score (nSPS) is 43.2. The third-order valence-corrected chi connectivity index (χ3v) is 24.9. The van der Waals surface area contributed by atoms with Crippen molar-refractivity contribution in [3.63, 3.8) is 0 Å². The SMILES string of the molecule is [I][Sn]12[CH2]CCN(CC[CH2]1)CC[CH2]2. The molecule has 3 rings (SSSR count). The van der Waals surface area contributed by atoms with E-state index in [0.29, 0.717) is 0 Å². The van der Waals surface area contributed by atoms with Crippen LogP contribution in [-0.4, -0.2) is 38.9 Å². The van der Waals surface area contributed by atoms with E-state index < -0.39 is 14.4 Å².